The van der Waals surface area contributed by atoms with Crippen LogP contribution in [0.15, 0.2) is 24.3 Å². The van der Waals surface area contributed by atoms with Crippen LogP contribution in [0.5, 0.6) is 5.75 Å². The Hall–Kier alpha value is -1.71. The minimum atomic E-state index is -0.972. The molecule has 5 atom stereocenters. The van der Waals surface area contributed by atoms with E-state index in [1.165, 1.54) is 6.07 Å². The molecule has 1 aromatic rings. The highest BCUT2D eigenvalue weighted by atomic mass is 16.9. The van der Waals surface area contributed by atoms with E-state index in [0.29, 0.717) is 5.69 Å². The monoisotopic (exact) mass is 365 g/mol. The van der Waals surface area contributed by atoms with Crippen molar-refractivity contribution in [3.63, 3.8) is 0 Å². The molecule has 0 aromatic heterocycles. The summed E-state index contributed by atoms with van der Waals surface area (Å²) >= 11 is 0. The number of aromatic hydroxyl groups is 1. The highest BCUT2D eigenvalue weighted by Gasteiger charge is 2.62. The van der Waals surface area contributed by atoms with Crippen LogP contribution in [0.3, 0.4) is 0 Å². The van der Waals surface area contributed by atoms with Gasteiger partial charge in [-0.25, -0.2) is 0 Å². The van der Waals surface area contributed by atoms with Crippen molar-refractivity contribution in [1.29, 1.82) is 0 Å². The fourth-order valence-electron chi connectivity index (χ4n) is 3.61. The summed E-state index contributed by atoms with van der Waals surface area (Å²) in [5.41, 5.74) is 0.293. The molecular formula is C18H23NO7. The van der Waals surface area contributed by atoms with Gasteiger partial charge in [-0.15, -0.1) is 0 Å². The molecule has 2 N–H and O–H groups in total. The predicted octanol–water partition coefficient (Wildman–Crippen LogP) is 1.73. The molecule has 0 bridgehead atoms. The maximum Gasteiger partial charge on any atom is 0.256 e. The topological polar surface area (TPSA) is 95.5 Å². The second-order valence-electron chi connectivity index (χ2n) is 7.60. The molecule has 0 radical (unpaired) electrons. The molecule has 0 spiro atoms. The van der Waals surface area contributed by atoms with Crippen molar-refractivity contribution >= 4 is 11.6 Å². The van der Waals surface area contributed by atoms with Gasteiger partial charge in [-0.3, -0.25) is 4.79 Å². The fourth-order valence-corrected chi connectivity index (χ4v) is 3.61. The molecule has 0 saturated carbocycles. The van der Waals surface area contributed by atoms with Crippen LogP contribution in [0.1, 0.15) is 27.7 Å². The molecule has 4 rings (SSSR count). The first-order chi connectivity index (χ1) is 12.2. The number of fused-ring (bicyclic) bond motifs is 3. The van der Waals surface area contributed by atoms with Gasteiger partial charge in [0.2, 0.25) is 0 Å². The summed E-state index contributed by atoms with van der Waals surface area (Å²) in [7, 11) is 0. The first-order valence-electron chi connectivity index (χ1n) is 8.61. The number of carbonyl (C=O) groups excluding carboxylic acids is 1. The zero-order valence-corrected chi connectivity index (χ0v) is 15.1. The van der Waals surface area contributed by atoms with Crippen LogP contribution < -0.4 is 5.32 Å². The van der Waals surface area contributed by atoms with Crippen molar-refractivity contribution in [1.82, 2.24) is 0 Å². The van der Waals surface area contributed by atoms with Crippen molar-refractivity contribution in [3.05, 3.63) is 24.3 Å². The summed E-state index contributed by atoms with van der Waals surface area (Å²) in [5.74, 6) is -2.21. The molecule has 8 nitrogen and oxygen atoms in total. The normalized spacial score (nSPS) is 37.0. The molecule has 3 heterocycles. The van der Waals surface area contributed by atoms with Crippen molar-refractivity contribution in [2.45, 2.75) is 70.0 Å². The van der Waals surface area contributed by atoms with Gasteiger partial charge in [0.25, 0.3) is 5.91 Å². The Morgan fingerprint density at radius 3 is 2.31 bits per heavy atom. The lowest BCUT2D eigenvalue weighted by atomic mass is 9.98. The summed E-state index contributed by atoms with van der Waals surface area (Å²) in [5, 5.41) is 12.6. The van der Waals surface area contributed by atoms with E-state index in [1.54, 1.807) is 45.9 Å². The minimum Gasteiger partial charge on any atom is -0.506 e. The van der Waals surface area contributed by atoms with E-state index in [-0.39, 0.29) is 5.75 Å². The lowest BCUT2D eigenvalue weighted by Crippen LogP contribution is -2.58. The second-order valence-corrected chi connectivity index (χ2v) is 7.60. The standard InChI is InChI=1S/C18H23NO7/c1-17(2)23-11-12(24-17)14-16(26-18(3,4)25-14)22-13(11)15(21)19-9-7-5-6-8-10(9)20/h5-8,11-14,16,20H,1-4H3,(H,19,21)/t11-,12+,13+,14-,16-/m1/s1. The van der Waals surface area contributed by atoms with Crippen molar-refractivity contribution in [2.75, 3.05) is 5.32 Å². The molecule has 8 heteroatoms. The highest BCUT2D eigenvalue weighted by molar-refractivity contribution is 5.96. The van der Waals surface area contributed by atoms with Crippen LogP contribution in [-0.2, 0) is 28.5 Å². The number of benzene rings is 1. The number of ether oxygens (including phenoxy) is 5. The summed E-state index contributed by atoms with van der Waals surface area (Å²) in [6, 6.07) is 6.48. The molecule has 3 saturated heterocycles. The molecule has 0 aliphatic carbocycles. The first kappa shape index (κ1) is 17.7. The number of rotatable bonds is 2. The number of phenols is 1. The fraction of sp³-hybridized carbons (Fsp3) is 0.611. The van der Waals surface area contributed by atoms with Crippen LogP contribution in [0, 0.1) is 0 Å². The van der Waals surface area contributed by atoms with Gasteiger partial charge in [0, 0.05) is 0 Å². The zero-order valence-electron chi connectivity index (χ0n) is 15.1. The number of amides is 1. The van der Waals surface area contributed by atoms with E-state index in [1.807, 2.05) is 0 Å². The molecule has 3 aliphatic rings. The Kier molecular flexibility index (Phi) is 4.01. The van der Waals surface area contributed by atoms with Gasteiger partial charge in [0.05, 0.1) is 5.69 Å². The number of hydrogen-bond donors (Lipinski definition) is 2. The van der Waals surface area contributed by atoms with Crippen LogP contribution >= 0.6 is 0 Å². The smallest absolute Gasteiger partial charge is 0.256 e. The number of nitrogens with one attached hydrogen (secondary N) is 1. The lowest BCUT2D eigenvalue weighted by molar-refractivity contribution is -0.229. The Labute approximate surface area is 151 Å². The third kappa shape index (κ3) is 3.08. The van der Waals surface area contributed by atoms with Gasteiger partial charge in [-0.1, -0.05) is 12.1 Å². The lowest BCUT2D eigenvalue weighted by Gasteiger charge is -2.36. The van der Waals surface area contributed by atoms with Crippen LogP contribution in [0.4, 0.5) is 5.69 Å². The third-order valence-corrected chi connectivity index (χ3v) is 4.57. The maximum absolute atomic E-state index is 12.8. The van der Waals surface area contributed by atoms with E-state index < -0.39 is 48.2 Å². The van der Waals surface area contributed by atoms with E-state index in [4.69, 9.17) is 23.7 Å². The van der Waals surface area contributed by atoms with Crippen molar-refractivity contribution < 1.29 is 33.6 Å². The first-order valence-corrected chi connectivity index (χ1v) is 8.61. The third-order valence-electron chi connectivity index (χ3n) is 4.57. The predicted molar refractivity (Wildman–Crippen MR) is 89.3 cm³/mol. The Morgan fingerprint density at radius 1 is 0.962 bits per heavy atom. The molecule has 1 aromatic carbocycles. The molecule has 0 unspecified atom stereocenters. The number of carbonyl (C=O) groups is 1. The minimum absolute atomic E-state index is 0.0309. The molecule has 26 heavy (non-hydrogen) atoms. The Balaban J connectivity index is 1.59. The van der Waals surface area contributed by atoms with Gasteiger partial charge in [-0.2, -0.15) is 0 Å². The molecule has 3 aliphatic heterocycles. The largest absolute Gasteiger partial charge is 0.506 e. The highest BCUT2D eigenvalue weighted by Crippen LogP contribution is 2.44. The number of phenolic OH excluding ortho intramolecular Hbond substituents is 1. The van der Waals surface area contributed by atoms with E-state index >= 15 is 0 Å². The van der Waals surface area contributed by atoms with Crippen LogP contribution in [0.2, 0.25) is 0 Å². The zero-order chi connectivity index (χ0) is 18.7. The van der Waals surface area contributed by atoms with Crippen LogP contribution in [0.25, 0.3) is 0 Å². The molecule has 1 amide bonds. The average Bonchev–Trinajstić information content (AvgIpc) is 3.02. The molecular weight excluding hydrogens is 342 g/mol. The van der Waals surface area contributed by atoms with Crippen molar-refractivity contribution in [3.8, 4) is 5.75 Å². The van der Waals surface area contributed by atoms with E-state index in [0.717, 1.165) is 0 Å². The maximum atomic E-state index is 12.8. The van der Waals surface area contributed by atoms with Crippen molar-refractivity contribution in [2.24, 2.45) is 0 Å². The van der Waals surface area contributed by atoms with Gasteiger partial charge < -0.3 is 34.1 Å². The number of anilines is 1. The summed E-state index contributed by atoms with van der Waals surface area (Å²) in [6.45, 7) is 7.11. The van der Waals surface area contributed by atoms with Crippen LogP contribution in [-0.4, -0.2) is 53.3 Å². The summed E-state index contributed by atoms with van der Waals surface area (Å²) in [6.07, 6.45) is -3.38. The van der Waals surface area contributed by atoms with E-state index in [9.17, 15) is 9.90 Å². The average molecular weight is 365 g/mol. The summed E-state index contributed by atoms with van der Waals surface area (Å²) < 4.78 is 29.5. The van der Waals surface area contributed by atoms with Gasteiger partial charge >= 0.3 is 0 Å². The quantitative estimate of drug-likeness (QED) is 0.771. The number of hydrogen-bond acceptors (Lipinski definition) is 7. The van der Waals surface area contributed by atoms with Gasteiger partial charge in [0.1, 0.15) is 24.1 Å². The molecule has 142 valence electrons. The second kappa shape index (κ2) is 5.90. The number of para-hydroxylation sites is 2. The Morgan fingerprint density at radius 2 is 1.58 bits per heavy atom. The SMILES string of the molecule is CC1(C)O[C@H]2[C@@H](O1)[C@@H](C(=O)Nc1ccccc1O)O[C@@H]1OC(C)(C)O[C@@H]12. The van der Waals surface area contributed by atoms with Gasteiger partial charge in [0.15, 0.2) is 24.0 Å². The van der Waals surface area contributed by atoms with Gasteiger partial charge in [-0.05, 0) is 39.8 Å². The molecule has 3 fully saturated rings. The van der Waals surface area contributed by atoms with E-state index in [2.05, 4.69) is 5.32 Å². The Bertz CT molecular complexity index is 719. The summed E-state index contributed by atoms with van der Waals surface area (Å²) in [4.78, 5) is 12.8.